The van der Waals surface area contributed by atoms with Crippen LogP contribution in [0.1, 0.15) is 29.7 Å². The molecule has 0 fully saturated rings. The number of nitrogens with one attached hydrogen (secondary N) is 1. The summed E-state index contributed by atoms with van der Waals surface area (Å²) in [7, 11) is 0. The second-order valence-corrected chi connectivity index (χ2v) is 5.82. The number of nitrogens with zero attached hydrogens (tertiary/aromatic N) is 1. The lowest BCUT2D eigenvalue weighted by atomic mass is 10.1. The Hall–Kier alpha value is -2.84. The number of aliphatic hydroxyl groups excluding tert-OH is 1. The largest absolute Gasteiger partial charge is 0.480 e. The van der Waals surface area contributed by atoms with Crippen molar-refractivity contribution in [3.8, 4) is 11.8 Å². The molecule has 0 saturated carbocycles. The quantitative estimate of drug-likeness (QED) is 0.903. The van der Waals surface area contributed by atoms with Crippen LogP contribution in [0.3, 0.4) is 0 Å². The zero-order valence-electron chi connectivity index (χ0n) is 13.3. The van der Waals surface area contributed by atoms with Crippen LogP contribution in [0.2, 0.25) is 0 Å². The Balaban J connectivity index is 1.70. The number of rotatable bonds is 4. The van der Waals surface area contributed by atoms with Crippen molar-refractivity contribution in [1.29, 1.82) is 5.26 Å². The molecule has 0 spiro atoms. The van der Waals surface area contributed by atoms with E-state index >= 15 is 0 Å². The van der Waals surface area contributed by atoms with Gasteiger partial charge in [-0.15, -0.1) is 0 Å². The molecular weight excluding hydrogens is 304 g/mol. The summed E-state index contributed by atoms with van der Waals surface area (Å²) in [6.45, 7) is 1.62. The highest BCUT2D eigenvalue weighted by molar-refractivity contribution is 5.81. The standard InChI is InChI=1S/C19H18N2O3/c1-12(24-17-9-5-3-7-14(17)11-20)19(23)21-18-15-8-4-2-6-13(15)10-16(18)22/h2-9,12,16,18,22H,10H2,1H3,(H,21,23). The summed E-state index contributed by atoms with van der Waals surface area (Å²) < 4.78 is 5.62. The van der Waals surface area contributed by atoms with Crippen molar-refractivity contribution in [1.82, 2.24) is 5.32 Å². The fourth-order valence-corrected chi connectivity index (χ4v) is 2.92. The first-order chi connectivity index (χ1) is 11.6. The molecule has 3 unspecified atom stereocenters. The molecule has 122 valence electrons. The van der Waals surface area contributed by atoms with Crippen molar-refractivity contribution in [3.63, 3.8) is 0 Å². The van der Waals surface area contributed by atoms with E-state index in [-0.39, 0.29) is 5.91 Å². The second-order valence-electron chi connectivity index (χ2n) is 5.82. The Kier molecular flexibility index (Phi) is 4.50. The summed E-state index contributed by atoms with van der Waals surface area (Å²) >= 11 is 0. The van der Waals surface area contributed by atoms with Gasteiger partial charge in [-0.3, -0.25) is 4.79 Å². The molecule has 1 aliphatic rings. The highest BCUT2D eigenvalue weighted by atomic mass is 16.5. The fraction of sp³-hybridized carbons (Fsp3) is 0.263. The van der Waals surface area contributed by atoms with Crippen LogP contribution in [-0.2, 0) is 11.2 Å². The van der Waals surface area contributed by atoms with Gasteiger partial charge in [-0.25, -0.2) is 0 Å². The van der Waals surface area contributed by atoms with E-state index in [9.17, 15) is 9.90 Å². The third-order valence-electron chi connectivity index (χ3n) is 4.18. The van der Waals surface area contributed by atoms with Gasteiger partial charge in [0.15, 0.2) is 6.10 Å². The van der Waals surface area contributed by atoms with Crippen molar-refractivity contribution in [3.05, 3.63) is 65.2 Å². The number of para-hydroxylation sites is 1. The third kappa shape index (κ3) is 3.10. The van der Waals surface area contributed by atoms with Crippen LogP contribution in [0, 0.1) is 11.3 Å². The van der Waals surface area contributed by atoms with E-state index in [0.29, 0.717) is 17.7 Å². The molecule has 0 radical (unpaired) electrons. The van der Waals surface area contributed by atoms with Gasteiger partial charge in [-0.1, -0.05) is 36.4 Å². The average Bonchev–Trinajstić information content (AvgIpc) is 2.91. The third-order valence-corrected chi connectivity index (χ3v) is 4.18. The molecule has 1 amide bonds. The molecule has 1 aliphatic carbocycles. The van der Waals surface area contributed by atoms with Crippen molar-refractivity contribution in [2.45, 2.75) is 31.6 Å². The van der Waals surface area contributed by atoms with Crippen LogP contribution >= 0.6 is 0 Å². The maximum absolute atomic E-state index is 12.4. The average molecular weight is 322 g/mol. The minimum absolute atomic E-state index is 0.330. The van der Waals surface area contributed by atoms with Crippen LogP contribution in [0.25, 0.3) is 0 Å². The summed E-state index contributed by atoms with van der Waals surface area (Å²) in [5.41, 5.74) is 2.35. The van der Waals surface area contributed by atoms with Crippen LogP contribution in [-0.4, -0.2) is 23.2 Å². The number of aliphatic hydroxyl groups is 1. The maximum atomic E-state index is 12.4. The first-order valence-electron chi connectivity index (χ1n) is 7.82. The fourth-order valence-electron chi connectivity index (χ4n) is 2.92. The monoisotopic (exact) mass is 322 g/mol. The number of benzene rings is 2. The number of amides is 1. The lowest BCUT2D eigenvalue weighted by Crippen LogP contribution is -2.41. The Morgan fingerprint density at radius 1 is 1.29 bits per heavy atom. The number of carbonyl (C=O) groups excluding carboxylic acids is 1. The minimum Gasteiger partial charge on any atom is -0.480 e. The van der Waals surface area contributed by atoms with Gasteiger partial charge in [0.25, 0.3) is 5.91 Å². The first kappa shape index (κ1) is 16.0. The summed E-state index contributed by atoms with van der Waals surface area (Å²) in [6.07, 6.45) is -0.905. The van der Waals surface area contributed by atoms with E-state index < -0.39 is 18.2 Å². The summed E-state index contributed by atoms with van der Waals surface area (Å²) in [5, 5.41) is 22.1. The molecule has 3 atom stereocenters. The highest BCUT2D eigenvalue weighted by Crippen LogP contribution is 2.31. The number of fused-ring (bicyclic) bond motifs is 1. The molecule has 2 N–H and O–H groups in total. The van der Waals surface area contributed by atoms with Crippen LogP contribution in [0.15, 0.2) is 48.5 Å². The van der Waals surface area contributed by atoms with Crippen molar-refractivity contribution >= 4 is 5.91 Å². The highest BCUT2D eigenvalue weighted by Gasteiger charge is 2.33. The van der Waals surface area contributed by atoms with Gasteiger partial charge in [0, 0.05) is 6.42 Å². The molecule has 0 saturated heterocycles. The van der Waals surface area contributed by atoms with E-state index in [1.807, 2.05) is 30.3 Å². The van der Waals surface area contributed by atoms with Gasteiger partial charge in [0.1, 0.15) is 11.8 Å². The Morgan fingerprint density at radius 3 is 2.79 bits per heavy atom. The summed E-state index contributed by atoms with van der Waals surface area (Å²) in [6, 6.07) is 16.0. The van der Waals surface area contributed by atoms with E-state index in [1.165, 1.54) is 0 Å². The molecule has 24 heavy (non-hydrogen) atoms. The first-order valence-corrected chi connectivity index (χ1v) is 7.82. The summed E-state index contributed by atoms with van der Waals surface area (Å²) in [4.78, 5) is 12.4. The Morgan fingerprint density at radius 2 is 2.00 bits per heavy atom. The predicted molar refractivity (Wildman–Crippen MR) is 88.3 cm³/mol. The number of carbonyl (C=O) groups is 1. The number of ether oxygens (including phenoxy) is 1. The molecule has 2 aromatic carbocycles. The van der Waals surface area contributed by atoms with E-state index in [0.717, 1.165) is 11.1 Å². The van der Waals surface area contributed by atoms with E-state index in [2.05, 4.69) is 5.32 Å². The molecular formula is C19H18N2O3. The number of nitriles is 1. The van der Waals surface area contributed by atoms with Gasteiger partial charge < -0.3 is 15.2 Å². The molecule has 0 aromatic heterocycles. The lowest BCUT2D eigenvalue weighted by Gasteiger charge is -2.21. The zero-order valence-corrected chi connectivity index (χ0v) is 13.3. The van der Waals surface area contributed by atoms with Crippen LogP contribution < -0.4 is 10.1 Å². The molecule has 2 aromatic rings. The molecule has 3 rings (SSSR count). The van der Waals surface area contributed by atoms with Crippen molar-refractivity contribution in [2.24, 2.45) is 0 Å². The van der Waals surface area contributed by atoms with E-state index in [4.69, 9.17) is 10.00 Å². The second kappa shape index (κ2) is 6.73. The topological polar surface area (TPSA) is 82.3 Å². The minimum atomic E-state index is -0.778. The molecule has 0 bridgehead atoms. The van der Waals surface area contributed by atoms with Gasteiger partial charge in [0.05, 0.1) is 17.7 Å². The molecule has 5 heteroatoms. The van der Waals surface area contributed by atoms with Crippen molar-refractivity contribution < 1.29 is 14.6 Å². The number of hydrogen-bond acceptors (Lipinski definition) is 4. The maximum Gasteiger partial charge on any atom is 0.261 e. The van der Waals surface area contributed by atoms with Gasteiger partial charge in [-0.05, 0) is 30.2 Å². The van der Waals surface area contributed by atoms with Crippen LogP contribution in [0.5, 0.6) is 5.75 Å². The Labute approximate surface area is 140 Å². The zero-order chi connectivity index (χ0) is 17.1. The van der Waals surface area contributed by atoms with Gasteiger partial charge >= 0.3 is 0 Å². The SMILES string of the molecule is CC(Oc1ccccc1C#N)C(=O)NC1c2ccccc2CC1O. The number of hydrogen-bond donors (Lipinski definition) is 2. The molecule has 5 nitrogen and oxygen atoms in total. The smallest absolute Gasteiger partial charge is 0.261 e. The molecule has 0 aliphatic heterocycles. The van der Waals surface area contributed by atoms with E-state index in [1.54, 1.807) is 31.2 Å². The molecule has 0 heterocycles. The Bertz CT molecular complexity index is 797. The van der Waals surface area contributed by atoms with Gasteiger partial charge in [-0.2, -0.15) is 5.26 Å². The van der Waals surface area contributed by atoms with Gasteiger partial charge in [0.2, 0.25) is 0 Å². The lowest BCUT2D eigenvalue weighted by molar-refractivity contribution is -0.128. The van der Waals surface area contributed by atoms with Crippen LogP contribution in [0.4, 0.5) is 0 Å². The summed E-state index contributed by atoms with van der Waals surface area (Å²) in [5.74, 6) is 0.0403. The normalized spacial score (nSPS) is 19.9. The van der Waals surface area contributed by atoms with Crippen molar-refractivity contribution in [2.75, 3.05) is 0 Å². The predicted octanol–water partition coefficient (Wildman–Crippen LogP) is 2.10.